The average molecular weight is 566 g/mol. The molecule has 8 nitrogen and oxygen atoms in total. The lowest BCUT2D eigenvalue weighted by molar-refractivity contribution is 0.0779. The number of hydrogen-bond donors (Lipinski definition) is 2. The van der Waals surface area contributed by atoms with Crippen LogP contribution in [0.5, 0.6) is 0 Å². The predicted molar refractivity (Wildman–Crippen MR) is 139 cm³/mol. The number of aromatic nitrogens is 2. The van der Waals surface area contributed by atoms with Crippen molar-refractivity contribution in [2.75, 3.05) is 7.05 Å². The first-order valence-corrected chi connectivity index (χ1v) is 13.0. The van der Waals surface area contributed by atoms with Crippen LogP contribution in [0.25, 0.3) is 10.9 Å². The van der Waals surface area contributed by atoms with Crippen molar-refractivity contribution in [2.24, 2.45) is 5.73 Å². The number of nitrogens with zero attached hydrogens (tertiary/aromatic N) is 2. The highest BCUT2D eigenvalue weighted by atomic mass is 35.5. The highest BCUT2D eigenvalue weighted by Gasteiger charge is 2.33. The highest BCUT2D eigenvalue weighted by molar-refractivity contribution is 7.91. The summed E-state index contributed by atoms with van der Waals surface area (Å²) in [5, 5.41) is 1.45. The molecule has 0 saturated carbocycles. The lowest BCUT2D eigenvalue weighted by Gasteiger charge is -2.18. The molecule has 0 spiro atoms. The minimum Gasteiger partial charge on any atom is -0.364 e. The molecule has 2 aromatic heterocycles. The van der Waals surface area contributed by atoms with Crippen molar-refractivity contribution in [1.82, 2.24) is 14.9 Å². The summed E-state index contributed by atoms with van der Waals surface area (Å²) in [6.07, 6.45) is 1.65. The van der Waals surface area contributed by atoms with E-state index in [1.54, 1.807) is 18.3 Å². The third-order valence-electron chi connectivity index (χ3n) is 5.59. The zero-order chi connectivity index (χ0) is 26.4. The maximum absolute atomic E-state index is 13.5. The summed E-state index contributed by atoms with van der Waals surface area (Å²) in [5.74, 6) is -1.61. The number of carbonyl (C=O) groups excluding carboxylic acids is 2. The van der Waals surface area contributed by atoms with E-state index < -0.39 is 32.2 Å². The maximum Gasteiger partial charge on any atom is 0.270 e. The molecule has 12 heteroatoms. The average Bonchev–Trinajstić information content (AvgIpc) is 3.16. The molecule has 0 radical (unpaired) electrons. The molecule has 0 fully saturated rings. The van der Waals surface area contributed by atoms with E-state index in [9.17, 15) is 18.0 Å². The van der Waals surface area contributed by atoms with E-state index in [1.807, 2.05) is 12.1 Å². The first-order valence-electron chi connectivity index (χ1n) is 10.4. The number of aromatic amines is 1. The number of primary amides is 1. The van der Waals surface area contributed by atoms with Gasteiger partial charge in [0.25, 0.3) is 11.8 Å². The van der Waals surface area contributed by atoms with Crippen LogP contribution in [0.15, 0.2) is 58.5 Å². The second-order valence-corrected chi connectivity index (χ2v) is 11.3. The van der Waals surface area contributed by atoms with Gasteiger partial charge in [-0.15, -0.1) is 0 Å². The van der Waals surface area contributed by atoms with Crippen LogP contribution in [-0.2, 0) is 16.4 Å². The fourth-order valence-electron chi connectivity index (χ4n) is 3.88. The van der Waals surface area contributed by atoms with Crippen LogP contribution in [0.4, 0.5) is 0 Å². The van der Waals surface area contributed by atoms with Crippen molar-refractivity contribution in [3.05, 3.63) is 86.2 Å². The Kier molecular flexibility index (Phi) is 7.03. The minimum atomic E-state index is -4.32. The van der Waals surface area contributed by atoms with Gasteiger partial charge >= 0.3 is 0 Å². The Hall–Kier alpha value is -3.11. The minimum absolute atomic E-state index is 0.0329. The molecule has 2 amide bonds. The van der Waals surface area contributed by atoms with E-state index in [0.717, 1.165) is 5.39 Å². The van der Waals surface area contributed by atoms with Gasteiger partial charge in [0.05, 0.1) is 10.4 Å². The Balaban J connectivity index is 1.74. The molecule has 0 unspecified atom stereocenters. The highest BCUT2D eigenvalue weighted by Crippen LogP contribution is 2.33. The Labute approximate surface area is 221 Å². The molecular formula is C24H19Cl3N4O4S. The SMILES string of the molecule is Cc1c(C(=O)N(C)Cc2cc3cccnc3cc2Cl)[nH]c(C(N)=O)c1S(=O)(=O)c1cc(Cl)cc(Cl)c1. The number of hydrogen-bond acceptors (Lipinski definition) is 5. The zero-order valence-electron chi connectivity index (χ0n) is 19.0. The Morgan fingerprint density at radius 2 is 1.72 bits per heavy atom. The van der Waals surface area contributed by atoms with E-state index in [1.165, 1.54) is 37.1 Å². The van der Waals surface area contributed by atoms with Crippen molar-refractivity contribution < 1.29 is 18.0 Å². The maximum atomic E-state index is 13.5. The van der Waals surface area contributed by atoms with Gasteiger partial charge in [-0.05, 0) is 54.4 Å². The van der Waals surface area contributed by atoms with Crippen molar-refractivity contribution in [1.29, 1.82) is 0 Å². The number of carbonyl (C=O) groups is 2. The van der Waals surface area contributed by atoms with Gasteiger partial charge in [-0.1, -0.05) is 40.9 Å². The van der Waals surface area contributed by atoms with E-state index in [4.69, 9.17) is 40.5 Å². The standard InChI is InChI=1S/C24H19Cl3N4O4S/c1-12-20(24(33)31(2)11-14-6-13-4-3-5-29-19(13)10-18(14)27)30-21(23(28)32)22(12)36(34,35)17-8-15(25)7-16(26)9-17/h3-10,30H,11H2,1-2H3,(H2,28,32). The monoisotopic (exact) mass is 564 g/mol. The number of H-pyrrole nitrogens is 1. The molecule has 186 valence electrons. The lowest BCUT2D eigenvalue weighted by atomic mass is 10.1. The van der Waals surface area contributed by atoms with Gasteiger partial charge in [0, 0.05) is 40.2 Å². The molecule has 2 aromatic carbocycles. The topological polar surface area (TPSA) is 126 Å². The number of nitrogens with one attached hydrogen (secondary N) is 1. The molecule has 0 aliphatic heterocycles. The lowest BCUT2D eigenvalue weighted by Crippen LogP contribution is -2.27. The van der Waals surface area contributed by atoms with E-state index >= 15 is 0 Å². The zero-order valence-corrected chi connectivity index (χ0v) is 22.1. The Morgan fingerprint density at radius 1 is 1.06 bits per heavy atom. The fraction of sp³-hybridized carbons (Fsp3) is 0.125. The number of halogens is 3. The van der Waals surface area contributed by atoms with Gasteiger partial charge in [-0.25, -0.2) is 8.42 Å². The van der Waals surface area contributed by atoms with Crippen molar-refractivity contribution in [3.8, 4) is 0 Å². The summed E-state index contributed by atoms with van der Waals surface area (Å²) in [4.78, 5) is 33.1. The summed E-state index contributed by atoms with van der Waals surface area (Å²) < 4.78 is 26.9. The second kappa shape index (κ2) is 9.74. The molecule has 0 saturated heterocycles. The fourth-order valence-corrected chi connectivity index (χ4v) is 6.48. The van der Waals surface area contributed by atoms with Gasteiger partial charge in [-0.2, -0.15) is 0 Å². The van der Waals surface area contributed by atoms with Gasteiger partial charge in [-0.3, -0.25) is 14.6 Å². The van der Waals surface area contributed by atoms with Crippen LogP contribution < -0.4 is 5.73 Å². The number of fused-ring (bicyclic) bond motifs is 1. The van der Waals surface area contributed by atoms with Crippen LogP contribution in [0.2, 0.25) is 15.1 Å². The number of benzene rings is 2. The van der Waals surface area contributed by atoms with Gasteiger partial charge in [0.1, 0.15) is 16.3 Å². The number of sulfone groups is 1. The molecule has 0 bridgehead atoms. The third kappa shape index (κ3) is 4.79. The summed E-state index contributed by atoms with van der Waals surface area (Å²) in [5.41, 5.74) is 6.35. The second-order valence-electron chi connectivity index (χ2n) is 8.10. The van der Waals surface area contributed by atoms with Crippen LogP contribution in [0.3, 0.4) is 0 Å². The number of nitrogens with two attached hydrogens (primary N) is 1. The molecule has 4 rings (SSSR count). The van der Waals surface area contributed by atoms with Crippen LogP contribution >= 0.6 is 34.8 Å². The summed E-state index contributed by atoms with van der Waals surface area (Å²) in [7, 11) is -2.79. The van der Waals surface area contributed by atoms with E-state index in [-0.39, 0.29) is 32.7 Å². The van der Waals surface area contributed by atoms with Crippen molar-refractivity contribution in [2.45, 2.75) is 23.3 Å². The Morgan fingerprint density at radius 3 is 2.36 bits per heavy atom. The van der Waals surface area contributed by atoms with Crippen molar-refractivity contribution >= 4 is 67.4 Å². The normalized spacial score (nSPS) is 11.6. The predicted octanol–water partition coefficient (Wildman–Crippen LogP) is 5.04. The van der Waals surface area contributed by atoms with Gasteiger partial charge < -0.3 is 15.6 Å². The molecule has 3 N–H and O–H groups in total. The quantitative estimate of drug-likeness (QED) is 0.339. The van der Waals surface area contributed by atoms with Crippen LogP contribution in [0.1, 0.15) is 32.1 Å². The largest absolute Gasteiger partial charge is 0.364 e. The molecule has 0 aliphatic carbocycles. The van der Waals surface area contributed by atoms with Crippen LogP contribution in [-0.4, -0.2) is 42.1 Å². The van der Waals surface area contributed by atoms with Crippen LogP contribution in [0, 0.1) is 6.92 Å². The molecule has 0 atom stereocenters. The smallest absolute Gasteiger partial charge is 0.270 e. The van der Waals surface area contributed by atoms with Gasteiger partial charge in [0.15, 0.2) is 0 Å². The van der Waals surface area contributed by atoms with Gasteiger partial charge in [0.2, 0.25) is 9.84 Å². The summed E-state index contributed by atoms with van der Waals surface area (Å²) >= 11 is 18.4. The molecular weight excluding hydrogens is 547 g/mol. The number of rotatable bonds is 6. The molecule has 36 heavy (non-hydrogen) atoms. The number of amides is 2. The summed E-state index contributed by atoms with van der Waals surface area (Å²) in [6.45, 7) is 1.52. The summed E-state index contributed by atoms with van der Waals surface area (Å²) in [6, 6.07) is 11.0. The molecule has 2 heterocycles. The first-order chi connectivity index (χ1) is 16.9. The van der Waals surface area contributed by atoms with E-state index in [2.05, 4.69) is 9.97 Å². The first kappa shape index (κ1) is 26.0. The number of pyridine rings is 1. The van der Waals surface area contributed by atoms with Crippen molar-refractivity contribution in [3.63, 3.8) is 0 Å². The molecule has 0 aliphatic rings. The third-order valence-corrected chi connectivity index (χ3v) is 8.29. The van der Waals surface area contributed by atoms with E-state index in [0.29, 0.717) is 16.1 Å². The molecule has 4 aromatic rings. The Bertz CT molecular complexity index is 1630.